The highest BCUT2D eigenvalue weighted by atomic mass is 16.5. The van der Waals surface area contributed by atoms with Gasteiger partial charge in [-0.2, -0.15) is 0 Å². The molecular weight excluding hydrogens is 338 g/mol. The third-order valence-corrected chi connectivity index (χ3v) is 4.03. The van der Waals surface area contributed by atoms with Crippen LogP contribution in [0.15, 0.2) is 42.5 Å². The molecule has 0 atom stereocenters. The molecule has 1 aromatic heterocycles. The van der Waals surface area contributed by atoms with Gasteiger partial charge in [-0.1, -0.05) is 0 Å². The molecule has 0 fully saturated rings. The minimum absolute atomic E-state index is 0.00341. The van der Waals surface area contributed by atoms with E-state index in [1.807, 2.05) is 0 Å². The number of aromatic nitrogens is 2. The highest BCUT2D eigenvalue weighted by Crippen LogP contribution is 2.21. The van der Waals surface area contributed by atoms with Crippen molar-refractivity contribution in [1.29, 1.82) is 0 Å². The Morgan fingerprint density at radius 1 is 1.08 bits per heavy atom. The number of nitrogens with one attached hydrogen (secondary N) is 1. The Morgan fingerprint density at radius 3 is 2.31 bits per heavy atom. The normalized spacial score (nSPS) is 10.6. The molecule has 1 amide bonds. The summed E-state index contributed by atoms with van der Waals surface area (Å²) in [4.78, 5) is 25.3. The quantitative estimate of drug-likeness (QED) is 0.725. The van der Waals surface area contributed by atoms with Gasteiger partial charge in [-0.25, -0.2) is 0 Å². The maximum Gasteiger partial charge on any atom is 0.346 e. The Balaban J connectivity index is 2.08. The minimum Gasteiger partial charge on any atom is -0.805 e. The van der Waals surface area contributed by atoms with E-state index >= 15 is 0 Å². The van der Waals surface area contributed by atoms with Gasteiger partial charge >= 0.3 is 11.6 Å². The first-order valence-electron chi connectivity index (χ1n) is 7.75. The Bertz CT molecular complexity index is 1040. The number of methoxy groups -OCH3 is 2. The maximum absolute atomic E-state index is 12.7. The van der Waals surface area contributed by atoms with Crippen LogP contribution >= 0.6 is 0 Å². The van der Waals surface area contributed by atoms with Gasteiger partial charge in [0.05, 0.1) is 30.4 Å². The lowest BCUT2D eigenvalue weighted by Crippen LogP contribution is -2.33. The summed E-state index contributed by atoms with van der Waals surface area (Å²) in [6.07, 6.45) is 0. The van der Waals surface area contributed by atoms with E-state index in [0.717, 1.165) is 0 Å². The summed E-state index contributed by atoms with van der Waals surface area (Å²) in [5, 5.41) is 15.1. The first-order chi connectivity index (χ1) is 12.5. The second kappa shape index (κ2) is 6.75. The van der Waals surface area contributed by atoms with Crippen molar-refractivity contribution >= 4 is 22.6 Å². The molecule has 3 rings (SSSR count). The topological polar surface area (TPSA) is 98.5 Å². The summed E-state index contributed by atoms with van der Waals surface area (Å²) in [7, 11) is 2.99. The van der Waals surface area contributed by atoms with E-state index in [1.54, 1.807) is 30.3 Å². The molecule has 0 aliphatic rings. The molecule has 0 bridgehead atoms. The Morgan fingerprint density at radius 2 is 1.69 bits per heavy atom. The summed E-state index contributed by atoms with van der Waals surface area (Å²) in [6.45, 7) is 1.42. The molecule has 0 radical (unpaired) electrons. The first-order valence-corrected chi connectivity index (χ1v) is 7.75. The van der Waals surface area contributed by atoms with Crippen LogP contribution in [-0.2, 0) is 0 Å². The fraction of sp³-hybridized carbons (Fsp3) is 0.167. The predicted molar refractivity (Wildman–Crippen MR) is 96.3 cm³/mol. The molecule has 134 valence electrons. The van der Waals surface area contributed by atoms with Crippen LogP contribution < -0.4 is 19.2 Å². The van der Waals surface area contributed by atoms with E-state index in [2.05, 4.69) is 5.32 Å². The van der Waals surface area contributed by atoms with E-state index < -0.39 is 5.91 Å². The van der Waals surface area contributed by atoms with Gasteiger partial charge in [0.1, 0.15) is 17.0 Å². The lowest BCUT2D eigenvalue weighted by atomic mass is 10.2. The third-order valence-electron chi connectivity index (χ3n) is 4.03. The fourth-order valence-electron chi connectivity index (χ4n) is 2.63. The SMILES string of the molecule is COc1ccc(NC(=O)c2c(C)n([O-])c3ccc(OC)cc3[n+]2=O)cc1. The number of ether oxygens (including phenoxy) is 2. The number of benzene rings is 2. The minimum atomic E-state index is -0.683. The van der Waals surface area contributed by atoms with Gasteiger partial charge in [0.25, 0.3) is 5.52 Å². The van der Waals surface area contributed by atoms with Gasteiger partial charge in [-0.05, 0) is 43.3 Å². The number of carbonyl (C=O) groups excluding carboxylic acids is 1. The monoisotopic (exact) mass is 355 g/mol. The number of nitrogens with zero attached hydrogens (tertiary/aromatic N) is 2. The van der Waals surface area contributed by atoms with Gasteiger partial charge in [0.15, 0.2) is 0 Å². The molecule has 0 saturated heterocycles. The zero-order chi connectivity index (χ0) is 18.8. The predicted octanol–water partition coefficient (Wildman–Crippen LogP) is 2.48. The molecule has 0 unspecified atom stereocenters. The third kappa shape index (κ3) is 2.92. The van der Waals surface area contributed by atoms with E-state index in [1.165, 1.54) is 33.3 Å². The lowest BCUT2D eigenvalue weighted by molar-refractivity contribution is -0.468. The number of fused-ring (bicyclic) bond motifs is 1. The second-order valence-electron chi connectivity index (χ2n) is 5.56. The van der Waals surface area contributed by atoms with Crippen molar-refractivity contribution in [2.75, 3.05) is 19.5 Å². The van der Waals surface area contributed by atoms with Gasteiger partial charge in [0, 0.05) is 10.6 Å². The number of hydrogen-bond acceptors (Lipinski definition) is 5. The van der Waals surface area contributed by atoms with Crippen molar-refractivity contribution in [3.8, 4) is 11.5 Å². The molecule has 0 aliphatic heterocycles. The van der Waals surface area contributed by atoms with Gasteiger partial charge in [-0.15, -0.1) is 0 Å². The van der Waals surface area contributed by atoms with Crippen LogP contribution in [0.1, 0.15) is 16.2 Å². The fourth-order valence-corrected chi connectivity index (χ4v) is 2.63. The zero-order valence-electron chi connectivity index (χ0n) is 14.5. The number of carbonyl (C=O) groups is 1. The molecule has 0 spiro atoms. The lowest BCUT2D eigenvalue weighted by Gasteiger charge is -2.16. The molecule has 1 N–H and O–H groups in total. The average molecular weight is 355 g/mol. The van der Waals surface area contributed by atoms with Gasteiger partial charge in [-0.3, -0.25) is 4.79 Å². The summed E-state index contributed by atoms with van der Waals surface area (Å²) in [5.74, 6) is 0.359. The second-order valence-corrected chi connectivity index (χ2v) is 5.56. The molecular formula is C18H17N3O5. The molecule has 8 nitrogen and oxygen atoms in total. The van der Waals surface area contributed by atoms with Crippen molar-refractivity contribution in [1.82, 2.24) is 4.73 Å². The van der Waals surface area contributed by atoms with Gasteiger partial charge < -0.3 is 24.7 Å². The van der Waals surface area contributed by atoms with Crippen LogP contribution in [0.5, 0.6) is 11.5 Å². The van der Waals surface area contributed by atoms with Crippen molar-refractivity contribution < 1.29 is 18.7 Å². The molecule has 26 heavy (non-hydrogen) atoms. The Labute approximate surface area is 148 Å². The number of hydrogen-bond donors (Lipinski definition) is 1. The van der Waals surface area contributed by atoms with Gasteiger partial charge in [0.2, 0.25) is 0 Å². The first kappa shape index (κ1) is 17.3. The summed E-state index contributed by atoms with van der Waals surface area (Å²) in [6, 6.07) is 11.1. The Kier molecular flexibility index (Phi) is 4.49. The number of anilines is 1. The van der Waals surface area contributed by atoms with Crippen LogP contribution in [0.25, 0.3) is 11.0 Å². The highest BCUT2D eigenvalue weighted by Gasteiger charge is 2.27. The molecule has 0 saturated carbocycles. The summed E-state index contributed by atoms with van der Waals surface area (Å²) >= 11 is 0. The van der Waals surface area contributed by atoms with Crippen molar-refractivity contribution in [3.63, 3.8) is 0 Å². The molecule has 1 heterocycles. The van der Waals surface area contributed by atoms with Crippen LogP contribution in [0.3, 0.4) is 0 Å². The average Bonchev–Trinajstić information content (AvgIpc) is 2.66. The standard InChI is InChI=1S/C18H17N3O5/c1-11-17(18(22)19-12-4-6-13(25-2)7-5-12)21(24)16-10-14(26-3)8-9-15(16)20(11)23/h4-10H,1-3H3,(H,19,22). The van der Waals surface area contributed by atoms with E-state index in [4.69, 9.17) is 9.47 Å². The van der Waals surface area contributed by atoms with E-state index in [-0.39, 0.29) is 22.4 Å². The zero-order valence-corrected chi connectivity index (χ0v) is 14.5. The molecule has 0 aliphatic carbocycles. The maximum atomic E-state index is 12.7. The number of rotatable bonds is 4. The summed E-state index contributed by atoms with van der Waals surface area (Å²) in [5.41, 5.74) is 0.391. The molecule has 8 heteroatoms. The van der Waals surface area contributed by atoms with Crippen molar-refractivity contribution in [2.45, 2.75) is 6.92 Å². The largest absolute Gasteiger partial charge is 0.805 e. The van der Waals surface area contributed by atoms with Crippen LogP contribution in [-0.4, -0.2) is 24.9 Å². The van der Waals surface area contributed by atoms with E-state index in [0.29, 0.717) is 26.3 Å². The number of amides is 1. The smallest absolute Gasteiger partial charge is 0.346 e. The van der Waals surface area contributed by atoms with Crippen LogP contribution in [0, 0.1) is 17.0 Å². The molecule has 2 aromatic carbocycles. The van der Waals surface area contributed by atoms with Crippen LogP contribution in [0.2, 0.25) is 0 Å². The Hall–Kier alpha value is -3.55. The van der Waals surface area contributed by atoms with E-state index in [9.17, 15) is 14.9 Å². The van der Waals surface area contributed by atoms with Crippen LogP contribution in [0.4, 0.5) is 5.69 Å². The van der Waals surface area contributed by atoms with Crippen molar-refractivity contribution in [3.05, 3.63) is 64.0 Å². The molecule has 3 aromatic rings. The van der Waals surface area contributed by atoms with Crippen molar-refractivity contribution in [2.24, 2.45) is 0 Å². The highest BCUT2D eigenvalue weighted by molar-refractivity contribution is 6.03. The summed E-state index contributed by atoms with van der Waals surface area (Å²) < 4.78 is 11.2.